The number of rotatable bonds is 6. The third-order valence-corrected chi connectivity index (χ3v) is 9.76. The molecule has 11 heteroatoms. The molecule has 1 heterocycles. The van der Waals surface area contributed by atoms with Crippen LogP contribution in [0.4, 0.5) is 0 Å². The molecule has 6 atom stereocenters. The van der Waals surface area contributed by atoms with Crippen molar-refractivity contribution in [3.05, 3.63) is 34.9 Å². The number of primary amides is 1. The number of aromatic hydroxyl groups is 1. The summed E-state index contributed by atoms with van der Waals surface area (Å²) in [5.74, 6) is -10.2. The second kappa shape index (κ2) is 10.2. The Labute approximate surface area is 248 Å². The number of hydrogen-bond acceptors (Lipinski definition) is 10. The second-order valence-electron chi connectivity index (χ2n) is 13.0. The van der Waals surface area contributed by atoms with Crippen LogP contribution in [0.3, 0.4) is 0 Å². The minimum atomic E-state index is -2.76. The van der Waals surface area contributed by atoms with Gasteiger partial charge in [0, 0.05) is 28.8 Å². The second-order valence-corrected chi connectivity index (χ2v) is 13.0. The van der Waals surface area contributed by atoms with Gasteiger partial charge in [0.15, 0.2) is 34.7 Å². The maximum absolute atomic E-state index is 14.3. The maximum atomic E-state index is 14.3. The summed E-state index contributed by atoms with van der Waals surface area (Å²) >= 11 is 0. The lowest BCUT2D eigenvalue weighted by Crippen LogP contribution is -2.74. The number of amides is 1. The Bertz CT molecular complexity index is 1590. The lowest BCUT2D eigenvalue weighted by molar-refractivity contribution is -0.181. The fourth-order valence-electron chi connectivity index (χ4n) is 7.75. The highest BCUT2D eigenvalue weighted by Gasteiger charge is 2.69. The summed E-state index contributed by atoms with van der Waals surface area (Å²) in [6, 6.07) is 4.54. The van der Waals surface area contributed by atoms with Crippen LogP contribution >= 0.6 is 0 Å². The van der Waals surface area contributed by atoms with Crippen LogP contribution in [-0.2, 0) is 32.1 Å². The molecule has 0 aromatic heterocycles. The molecule has 228 valence electrons. The van der Waals surface area contributed by atoms with E-state index in [1.807, 2.05) is 32.0 Å². The largest absolute Gasteiger partial charge is 0.507 e. The molecule has 2 aromatic carbocycles. The number of ketones is 4. The third-order valence-electron chi connectivity index (χ3n) is 9.76. The minimum absolute atomic E-state index is 0.0153. The van der Waals surface area contributed by atoms with Gasteiger partial charge in [0.05, 0.1) is 23.6 Å². The van der Waals surface area contributed by atoms with E-state index in [0.717, 1.165) is 25.1 Å². The van der Waals surface area contributed by atoms with Gasteiger partial charge >= 0.3 is 0 Å². The van der Waals surface area contributed by atoms with E-state index >= 15 is 0 Å². The predicted octanol–water partition coefficient (Wildman–Crippen LogP) is 1.01. The quantitative estimate of drug-likeness (QED) is 0.413. The van der Waals surface area contributed by atoms with Crippen LogP contribution in [0.2, 0.25) is 0 Å². The molecule has 43 heavy (non-hydrogen) atoms. The highest BCUT2D eigenvalue weighted by Crippen LogP contribution is 2.53. The molecule has 1 aliphatic heterocycles. The van der Waals surface area contributed by atoms with Crippen LogP contribution < -0.4 is 10.5 Å². The number of aliphatic hydroxyl groups is 1. The van der Waals surface area contributed by atoms with Crippen molar-refractivity contribution in [1.29, 1.82) is 0 Å². The van der Waals surface area contributed by atoms with Crippen LogP contribution in [-0.4, -0.2) is 94.0 Å². The summed E-state index contributed by atoms with van der Waals surface area (Å²) in [5.41, 5.74) is 4.00. The van der Waals surface area contributed by atoms with Crippen molar-refractivity contribution in [2.24, 2.45) is 29.4 Å². The van der Waals surface area contributed by atoms with Crippen molar-refractivity contribution in [2.75, 3.05) is 27.2 Å². The number of nitrogens with two attached hydrogens (primary N) is 1. The lowest BCUT2D eigenvalue weighted by atomic mass is 9.52. The predicted molar refractivity (Wildman–Crippen MR) is 155 cm³/mol. The first-order chi connectivity index (χ1) is 20.3. The Morgan fingerprint density at radius 3 is 2.42 bits per heavy atom. The SMILES string of the molecule is CC(C)Oc1c2c(c(O)c3cc(CN4CCC4)ccc13)C(=O)C1C(=O)[C@]3(O)C(=O)C(C(N)=O)C(=O)[C@@H](N(C)C)[C@@H]3C[C@@H]1C2. The maximum Gasteiger partial charge on any atom is 0.235 e. The third kappa shape index (κ3) is 4.23. The van der Waals surface area contributed by atoms with E-state index in [1.165, 1.54) is 4.90 Å². The Hall–Kier alpha value is -3.67. The van der Waals surface area contributed by atoms with Crippen molar-refractivity contribution in [3.8, 4) is 11.5 Å². The Morgan fingerprint density at radius 1 is 1.14 bits per heavy atom. The summed E-state index contributed by atoms with van der Waals surface area (Å²) in [7, 11) is 3.12. The van der Waals surface area contributed by atoms with Crippen molar-refractivity contribution in [1.82, 2.24) is 9.80 Å². The standard InChI is InChI=1S/C32H37N3O8/c1-14(2)43-28-17-7-6-15(13-35-8-5-9-35)10-18(17)25(36)22-19(28)11-16-12-20-24(34(3)4)27(38)23(31(33)41)30(40)32(20,42)29(39)21(16)26(22)37/h6-7,10,14,16,20-21,23-24,36,42H,5,8-9,11-13H2,1-4H3,(H2,33,41)/t16-,20-,21?,23?,24-,32-/m0/s1. The van der Waals surface area contributed by atoms with E-state index in [9.17, 15) is 34.2 Å². The van der Waals surface area contributed by atoms with Crippen LogP contribution in [0.1, 0.15) is 48.2 Å². The number of nitrogens with zero attached hydrogens (tertiary/aromatic N) is 2. The number of ether oxygens (including phenoxy) is 1. The fraction of sp³-hybridized carbons (Fsp3) is 0.531. The molecule has 2 saturated carbocycles. The topological polar surface area (TPSA) is 168 Å². The van der Waals surface area contributed by atoms with Gasteiger partial charge in [-0.1, -0.05) is 12.1 Å². The number of Topliss-reactive ketones (excluding diaryl/α,β-unsaturated/α-hetero) is 4. The van der Waals surface area contributed by atoms with Gasteiger partial charge in [-0.3, -0.25) is 33.8 Å². The molecule has 4 N–H and O–H groups in total. The van der Waals surface area contributed by atoms with Gasteiger partial charge in [-0.2, -0.15) is 0 Å². The Kier molecular flexibility index (Phi) is 6.98. The van der Waals surface area contributed by atoms with Gasteiger partial charge in [0.25, 0.3) is 0 Å². The first kappa shape index (κ1) is 29.4. The number of carbonyl (C=O) groups is 5. The lowest BCUT2D eigenvalue weighted by Gasteiger charge is -2.52. The normalized spacial score (nSPS) is 30.7. The van der Waals surface area contributed by atoms with Gasteiger partial charge in [-0.15, -0.1) is 0 Å². The smallest absolute Gasteiger partial charge is 0.235 e. The Balaban J connectivity index is 1.50. The minimum Gasteiger partial charge on any atom is -0.507 e. The zero-order valence-electron chi connectivity index (χ0n) is 24.8. The highest BCUT2D eigenvalue weighted by atomic mass is 16.5. The summed E-state index contributed by atoms with van der Waals surface area (Å²) in [6.45, 7) is 6.37. The summed E-state index contributed by atoms with van der Waals surface area (Å²) < 4.78 is 6.27. The van der Waals surface area contributed by atoms with Gasteiger partial charge in [0.1, 0.15) is 11.5 Å². The number of likely N-dealkylation sites (tertiary alicyclic amines) is 1. The van der Waals surface area contributed by atoms with Crippen molar-refractivity contribution in [3.63, 3.8) is 0 Å². The number of phenolic OH excluding ortho intramolecular Hbond substituents is 1. The average molecular weight is 592 g/mol. The monoisotopic (exact) mass is 591 g/mol. The van der Waals surface area contributed by atoms with Crippen LogP contribution in [0.15, 0.2) is 18.2 Å². The van der Waals surface area contributed by atoms with Crippen LogP contribution in [0.5, 0.6) is 11.5 Å². The molecular weight excluding hydrogens is 554 g/mol. The van der Waals surface area contributed by atoms with Crippen LogP contribution in [0, 0.1) is 23.7 Å². The number of hydrogen-bond donors (Lipinski definition) is 3. The number of phenols is 1. The van der Waals surface area contributed by atoms with E-state index in [4.69, 9.17) is 10.5 Å². The first-order valence-electron chi connectivity index (χ1n) is 14.8. The van der Waals surface area contributed by atoms with Crippen molar-refractivity contribution < 1.29 is 38.9 Å². The molecule has 1 saturated heterocycles. The molecule has 2 aromatic rings. The molecule has 2 unspecified atom stereocenters. The van der Waals surface area contributed by atoms with Crippen molar-refractivity contribution >= 4 is 39.8 Å². The molecule has 1 amide bonds. The van der Waals surface area contributed by atoms with Crippen molar-refractivity contribution in [2.45, 2.75) is 57.4 Å². The molecule has 3 aliphatic carbocycles. The van der Waals surface area contributed by atoms with E-state index in [-0.39, 0.29) is 30.3 Å². The van der Waals surface area contributed by atoms with E-state index in [0.29, 0.717) is 28.6 Å². The molecule has 6 rings (SSSR count). The summed E-state index contributed by atoms with van der Waals surface area (Å²) in [4.78, 5) is 71.2. The van der Waals surface area contributed by atoms with Gasteiger partial charge in [-0.05, 0) is 77.8 Å². The molecule has 0 radical (unpaired) electrons. The van der Waals surface area contributed by atoms with Gasteiger partial charge < -0.3 is 20.7 Å². The summed E-state index contributed by atoms with van der Waals surface area (Å²) in [6.07, 6.45) is 0.996. The molecular formula is C32H37N3O8. The molecule has 4 aliphatic rings. The molecule has 0 bridgehead atoms. The van der Waals surface area contributed by atoms with Gasteiger partial charge in [0.2, 0.25) is 5.91 Å². The number of carbonyl (C=O) groups excluding carboxylic acids is 5. The molecule has 0 spiro atoms. The first-order valence-corrected chi connectivity index (χ1v) is 14.8. The van der Waals surface area contributed by atoms with Crippen LogP contribution in [0.25, 0.3) is 10.8 Å². The van der Waals surface area contributed by atoms with E-state index in [1.54, 1.807) is 14.1 Å². The Morgan fingerprint density at radius 2 is 1.84 bits per heavy atom. The highest BCUT2D eigenvalue weighted by molar-refractivity contribution is 6.32. The van der Waals surface area contributed by atoms with E-state index in [2.05, 4.69) is 4.90 Å². The van der Waals surface area contributed by atoms with E-state index < -0.39 is 64.4 Å². The molecule has 11 nitrogen and oxygen atoms in total. The summed E-state index contributed by atoms with van der Waals surface area (Å²) in [5, 5.41) is 24.5. The average Bonchev–Trinajstić information content (AvgIpc) is 2.90. The zero-order chi connectivity index (χ0) is 31.1. The number of fused-ring (bicyclic) bond motifs is 4. The molecule has 3 fully saturated rings. The number of likely N-dealkylation sites (N-methyl/N-ethyl adjacent to an activating group) is 1. The fourth-order valence-corrected chi connectivity index (χ4v) is 7.75. The van der Waals surface area contributed by atoms with Gasteiger partial charge in [-0.25, -0.2) is 0 Å². The number of benzene rings is 2. The zero-order valence-corrected chi connectivity index (χ0v) is 24.8.